The normalized spacial score (nSPS) is 17.4. The molecule has 0 saturated carbocycles. The van der Waals surface area contributed by atoms with Crippen LogP contribution in [-0.2, 0) is 23.0 Å². The number of likely N-dealkylation sites (tertiary alicyclic amines) is 1. The topological polar surface area (TPSA) is 81.2 Å². The van der Waals surface area contributed by atoms with Crippen molar-refractivity contribution >= 4 is 10.0 Å². The molecule has 0 spiro atoms. The zero-order valence-corrected chi connectivity index (χ0v) is 17.9. The van der Waals surface area contributed by atoms with E-state index in [1.807, 2.05) is 42.2 Å². The third kappa shape index (κ3) is 5.00. The van der Waals surface area contributed by atoms with Crippen LogP contribution in [-0.4, -0.2) is 42.4 Å². The molecular weight excluding hydrogens is 422 g/mol. The molecule has 2 N–H and O–H groups in total. The highest BCUT2D eigenvalue weighted by molar-refractivity contribution is 7.89. The number of aromatic nitrogens is 2. The highest BCUT2D eigenvalue weighted by Crippen LogP contribution is 2.23. The molecule has 1 saturated heterocycles. The Balaban J connectivity index is 1.72. The van der Waals surface area contributed by atoms with Crippen LogP contribution in [0.15, 0.2) is 53.4 Å². The van der Waals surface area contributed by atoms with Crippen molar-refractivity contribution in [3.63, 3.8) is 0 Å². The third-order valence-electron chi connectivity index (χ3n) is 5.38. The number of alkyl halides is 1. The van der Waals surface area contributed by atoms with E-state index in [4.69, 9.17) is 5.14 Å². The molecule has 2 heterocycles. The first-order valence-electron chi connectivity index (χ1n) is 10.0. The number of rotatable bonds is 6. The number of nitrogens with zero attached hydrogens (tertiary/aromatic N) is 3. The minimum Gasteiger partial charge on any atom is -0.294 e. The number of halogens is 2. The minimum absolute atomic E-state index is 0.131. The molecule has 6 nitrogen and oxygen atoms in total. The van der Waals surface area contributed by atoms with Crippen LogP contribution in [0, 0.1) is 12.7 Å². The van der Waals surface area contributed by atoms with Crippen LogP contribution >= 0.6 is 0 Å². The summed E-state index contributed by atoms with van der Waals surface area (Å²) in [7, 11) is -4.02. The Morgan fingerprint density at radius 2 is 2.00 bits per heavy atom. The van der Waals surface area contributed by atoms with Crippen molar-refractivity contribution in [1.82, 2.24) is 14.7 Å². The van der Waals surface area contributed by atoms with E-state index in [1.165, 1.54) is 16.8 Å². The molecule has 1 aromatic heterocycles. The second-order valence-electron chi connectivity index (χ2n) is 7.98. The van der Waals surface area contributed by atoms with Crippen LogP contribution in [0.5, 0.6) is 0 Å². The molecule has 31 heavy (non-hydrogen) atoms. The largest absolute Gasteiger partial charge is 0.294 e. The van der Waals surface area contributed by atoms with E-state index in [9.17, 15) is 17.2 Å². The lowest BCUT2D eigenvalue weighted by molar-refractivity contribution is 0.280. The molecule has 1 fully saturated rings. The van der Waals surface area contributed by atoms with E-state index in [0.717, 1.165) is 22.9 Å². The molecule has 1 atom stereocenters. The van der Waals surface area contributed by atoms with Gasteiger partial charge in [0.05, 0.1) is 10.6 Å². The molecule has 164 valence electrons. The second kappa shape index (κ2) is 8.49. The Kier molecular flexibility index (Phi) is 5.92. The molecule has 3 aromatic rings. The van der Waals surface area contributed by atoms with Crippen LogP contribution in [0.2, 0.25) is 0 Å². The standard InChI is InChI=1S/C22H24F2N4O2S/c1-15-3-2-4-16(9-15)10-19-11-18(14-27-8-7-17(23)13-27)26-28(19)22-6-5-20(12-21(22)24)31(25,29)30/h2-6,9,11-12,17H,7-8,10,13-14H2,1H3,(H2,25,29,30). The molecule has 0 bridgehead atoms. The fourth-order valence-corrected chi connectivity index (χ4v) is 4.44. The summed E-state index contributed by atoms with van der Waals surface area (Å²) in [6.45, 7) is 3.47. The second-order valence-corrected chi connectivity index (χ2v) is 9.55. The van der Waals surface area contributed by atoms with Gasteiger partial charge in [0.15, 0.2) is 0 Å². The first kappa shape index (κ1) is 21.6. The number of nitrogens with two attached hydrogens (primary N) is 1. The van der Waals surface area contributed by atoms with Gasteiger partial charge in [-0.15, -0.1) is 0 Å². The average Bonchev–Trinajstić information content (AvgIpc) is 3.27. The maximum absolute atomic E-state index is 14.9. The Morgan fingerprint density at radius 3 is 2.65 bits per heavy atom. The molecule has 0 radical (unpaired) electrons. The highest BCUT2D eigenvalue weighted by atomic mass is 32.2. The van der Waals surface area contributed by atoms with Gasteiger partial charge in [-0.3, -0.25) is 4.90 Å². The Labute approximate surface area is 180 Å². The van der Waals surface area contributed by atoms with Crippen molar-refractivity contribution in [2.75, 3.05) is 13.1 Å². The quantitative estimate of drug-likeness (QED) is 0.631. The van der Waals surface area contributed by atoms with Crippen molar-refractivity contribution in [3.05, 3.63) is 76.9 Å². The van der Waals surface area contributed by atoms with Crippen LogP contribution in [0.1, 0.15) is 28.9 Å². The molecule has 0 amide bonds. The van der Waals surface area contributed by atoms with Gasteiger partial charge in [-0.2, -0.15) is 5.10 Å². The van der Waals surface area contributed by atoms with Gasteiger partial charge in [-0.1, -0.05) is 29.8 Å². The predicted octanol–water partition coefficient (Wildman–Crippen LogP) is 3.10. The number of hydrogen-bond donors (Lipinski definition) is 1. The van der Waals surface area contributed by atoms with E-state index in [-0.39, 0.29) is 10.6 Å². The van der Waals surface area contributed by atoms with Gasteiger partial charge in [0.1, 0.15) is 17.7 Å². The third-order valence-corrected chi connectivity index (χ3v) is 6.29. The van der Waals surface area contributed by atoms with Crippen LogP contribution in [0.3, 0.4) is 0 Å². The first-order valence-corrected chi connectivity index (χ1v) is 11.6. The van der Waals surface area contributed by atoms with Gasteiger partial charge in [-0.05, 0) is 43.2 Å². The maximum Gasteiger partial charge on any atom is 0.238 e. The maximum atomic E-state index is 14.9. The van der Waals surface area contributed by atoms with Crippen molar-refractivity contribution in [1.29, 1.82) is 0 Å². The molecule has 9 heteroatoms. The molecule has 0 aliphatic carbocycles. The van der Waals surface area contributed by atoms with Crippen LogP contribution in [0.25, 0.3) is 5.69 Å². The SMILES string of the molecule is Cc1cccc(Cc2cc(CN3CCC(F)C3)nn2-c2ccc(S(N)(=O)=O)cc2F)c1. The van der Waals surface area contributed by atoms with Crippen LogP contribution in [0.4, 0.5) is 8.78 Å². The number of benzene rings is 2. The van der Waals surface area contributed by atoms with Crippen molar-refractivity contribution in [2.24, 2.45) is 5.14 Å². The zero-order chi connectivity index (χ0) is 22.2. The Hall–Kier alpha value is -2.62. The molecule has 2 aromatic carbocycles. The van der Waals surface area contributed by atoms with Gasteiger partial charge in [0.25, 0.3) is 0 Å². The molecule has 4 rings (SSSR count). The van der Waals surface area contributed by atoms with Crippen molar-refractivity contribution < 1.29 is 17.2 Å². The molecule has 1 aliphatic rings. The number of sulfonamides is 1. The van der Waals surface area contributed by atoms with Gasteiger partial charge >= 0.3 is 0 Å². The minimum atomic E-state index is -4.02. The Bertz CT molecular complexity index is 1210. The van der Waals surface area contributed by atoms with E-state index >= 15 is 0 Å². The summed E-state index contributed by atoms with van der Waals surface area (Å²) in [4.78, 5) is 1.68. The van der Waals surface area contributed by atoms with Gasteiger partial charge in [-0.25, -0.2) is 27.0 Å². The monoisotopic (exact) mass is 446 g/mol. The van der Waals surface area contributed by atoms with E-state index in [2.05, 4.69) is 5.10 Å². The fraction of sp³-hybridized carbons (Fsp3) is 0.318. The summed E-state index contributed by atoms with van der Waals surface area (Å²) in [6, 6.07) is 13.4. The summed E-state index contributed by atoms with van der Waals surface area (Å²) in [5, 5.41) is 9.69. The van der Waals surface area contributed by atoms with Gasteiger partial charge in [0.2, 0.25) is 10.0 Å². The van der Waals surface area contributed by atoms with Gasteiger partial charge < -0.3 is 0 Å². The summed E-state index contributed by atoms with van der Waals surface area (Å²) < 4.78 is 53.0. The molecule has 1 aliphatic heterocycles. The number of hydrogen-bond acceptors (Lipinski definition) is 4. The van der Waals surface area contributed by atoms with Crippen molar-refractivity contribution in [2.45, 2.75) is 37.4 Å². The predicted molar refractivity (Wildman–Crippen MR) is 114 cm³/mol. The van der Waals surface area contributed by atoms with E-state index in [1.54, 1.807) is 0 Å². The lowest BCUT2D eigenvalue weighted by Gasteiger charge is -2.12. The summed E-state index contributed by atoms with van der Waals surface area (Å²) >= 11 is 0. The Morgan fingerprint density at radius 1 is 1.19 bits per heavy atom. The number of aryl methyl sites for hydroxylation is 1. The summed E-state index contributed by atoms with van der Waals surface area (Å²) in [5.74, 6) is -0.739. The van der Waals surface area contributed by atoms with Crippen LogP contribution < -0.4 is 5.14 Å². The van der Waals surface area contributed by atoms with Crippen molar-refractivity contribution in [3.8, 4) is 5.69 Å². The molecule has 1 unspecified atom stereocenters. The number of primary sulfonamides is 1. The van der Waals surface area contributed by atoms with E-state index in [0.29, 0.717) is 38.2 Å². The lowest BCUT2D eigenvalue weighted by Crippen LogP contribution is -2.20. The van der Waals surface area contributed by atoms with Gasteiger partial charge in [0, 0.05) is 31.7 Å². The smallest absolute Gasteiger partial charge is 0.238 e. The fourth-order valence-electron chi connectivity index (χ4n) is 3.91. The first-order chi connectivity index (χ1) is 14.7. The zero-order valence-electron chi connectivity index (χ0n) is 17.1. The highest BCUT2D eigenvalue weighted by Gasteiger charge is 2.23. The molecular formula is C22H24F2N4O2S. The summed E-state index contributed by atoms with van der Waals surface area (Å²) in [5.41, 5.74) is 3.73. The van der Waals surface area contributed by atoms with E-state index < -0.39 is 22.0 Å². The average molecular weight is 447 g/mol. The summed E-state index contributed by atoms with van der Waals surface area (Å²) in [6.07, 6.45) is 0.175. The lowest BCUT2D eigenvalue weighted by atomic mass is 10.1.